The highest BCUT2D eigenvalue weighted by atomic mass is 32.1. The van der Waals surface area contributed by atoms with E-state index in [2.05, 4.69) is 144 Å². The van der Waals surface area contributed by atoms with Gasteiger partial charge in [-0.15, -0.1) is 11.3 Å². The number of benzene rings is 6. The normalized spacial score (nSPS) is 24.8. The summed E-state index contributed by atoms with van der Waals surface area (Å²) in [5.41, 5.74) is 12.5. The van der Waals surface area contributed by atoms with E-state index in [0.29, 0.717) is 0 Å². The molecule has 2 heteroatoms. The second-order valence-corrected chi connectivity index (χ2v) is 16.0. The Morgan fingerprint density at radius 3 is 1.94 bits per heavy atom. The molecular formula is C46H37NS. The van der Waals surface area contributed by atoms with Crippen molar-refractivity contribution in [1.29, 1.82) is 0 Å². The molecule has 5 aliphatic rings. The molecule has 1 nitrogen and oxygen atoms in total. The second-order valence-electron chi connectivity index (χ2n) is 14.9. The maximum absolute atomic E-state index is 2.56. The lowest BCUT2D eigenvalue weighted by atomic mass is 9.43. The van der Waals surface area contributed by atoms with Crippen LogP contribution in [0.15, 0.2) is 140 Å². The van der Waals surface area contributed by atoms with Crippen LogP contribution in [0.1, 0.15) is 43.2 Å². The summed E-state index contributed by atoms with van der Waals surface area (Å²) in [5, 5.41) is 2.68. The lowest BCUT2D eigenvalue weighted by Crippen LogP contribution is -2.55. The summed E-state index contributed by atoms with van der Waals surface area (Å²) in [7, 11) is 0. The van der Waals surface area contributed by atoms with Crippen LogP contribution in [-0.4, -0.2) is 0 Å². The lowest BCUT2D eigenvalue weighted by molar-refractivity contribution is -0.0399. The number of hydrogen-bond acceptors (Lipinski definition) is 2. The van der Waals surface area contributed by atoms with Gasteiger partial charge in [0.1, 0.15) is 0 Å². The van der Waals surface area contributed by atoms with E-state index >= 15 is 0 Å². The molecule has 1 spiro atoms. The van der Waals surface area contributed by atoms with E-state index < -0.39 is 0 Å². The topological polar surface area (TPSA) is 3.24 Å². The third-order valence-electron chi connectivity index (χ3n) is 12.6. The third kappa shape index (κ3) is 3.73. The van der Waals surface area contributed by atoms with E-state index in [0.717, 1.165) is 23.7 Å². The lowest BCUT2D eigenvalue weighted by Gasteiger charge is -2.61. The molecule has 12 rings (SSSR count). The molecule has 1 heterocycles. The van der Waals surface area contributed by atoms with Crippen LogP contribution >= 0.6 is 11.3 Å². The molecule has 6 aromatic carbocycles. The first kappa shape index (κ1) is 27.3. The molecule has 4 saturated carbocycles. The van der Waals surface area contributed by atoms with Gasteiger partial charge in [0.25, 0.3) is 0 Å². The molecule has 0 saturated heterocycles. The monoisotopic (exact) mass is 635 g/mol. The van der Waals surface area contributed by atoms with Gasteiger partial charge in [0, 0.05) is 42.5 Å². The van der Waals surface area contributed by atoms with Gasteiger partial charge in [-0.3, -0.25) is 0 Å². The first-order chi connectivity index (χ1) is 23.8. The number of anilines is 3. The van der Waals surface area contributed by atoms with Crippen LogP contribution in [0.4, 0.5) is 17.1 Å². The number of rotatable bonds is 4. The summed E-state index contributed by atoms with van der Waals surface area (Å²) in [6, 6.07) is 52.8. The summed E-state index contributed by atoms with van der Waals surface area (Å²) in [5.74, 6) is 3.43. The maximum atomic E-state index is 2.56. The van der Waals surface area contributed by atoms with E-state index in [1.54, 1.807) is 11.1 Å². The van der Waals surface area contributed by atoms with Gasteiger partial charge in [-0.05, 0) is 120 Å². The van der Waals surface area contributed by atoms with E-state index in [1.807, 2.05) is 11.3 Å². The van der Waals surface area contributed by atoms with Gasteiger partial charge in [-0.1, -0.05) is 103 Å². The van der Waals surface area contributed by atoms with Crippen molar-refractivity contribution in [1.82, 2.24) is 0 Å². The molecule has 0 radical (unpaired) electrons. The van der Waals surface area contributed by atoms with Crippen molar-refractivity contribution in [3.05, 3.63) is 151 Å². The average Bonchev–Trinajstić information content (AvgIpc) is 3.64. The highest BCUT2D eigenvalue weighted by molar-refractivity contribution is 7.25. The quantitative estimate of drug-likeness (QED) is 0.186. The largest absolute Gasteiger partial charge is 0.310 e. The molecule has 232 valence electrons. The molecule has 4 bridgehead atoms. The molecule has 0 unspecified atom stereocenters. The first-order valence-electron chi connectivity index (χ1n) is 17.9. The molecule has 1 aromatic heterocycles. The highest BCUT2D eigenvalue weighted by Crippen LogP contribution is 2.69. The van der Waals surface area contributed by atoms with E-state index in [1.165, 1.54) is 91.6 Å². The summed E-state index contributed by atoms with van der Waals surface area (Å²) in [6.45, 7) is 0. The van der Waals surface area contributed by atoms with Crippen LogP contribution in [-0.2, 0) is 5.41 Å². The summed E-state index contributed by atoms with van der Waals surface area (Å²) >= 11 is 1.90. The van der Waals surface area contributed by atoms with Crippen molar-refractivity contribution < 1.29 is 0 Å². The van der Waals surface area contributed by atoms with E-state index in [9.17, 15) is 0 Å². The molecule has 48 heavy (non-hydrogen) atoms. The molecule has 0 amide bonds. The van der Waals surface area contributed by atoms with Crippen LogP contribution in [0.2, 0.25) is 0 Å². The van der Waals surface area contributed by atoms with Gasteiger partial charge >= 0.3 is 0 Å². The fourth-order valence-electron chi connectivity index (χ4n) is 11.1. The van der Waals surface area contributed by atoms with E-state index in [4.69, 9.17) is 0 Å². The predicted molar refractivity (Wildman–Crippen MR) is 203 cm³/mol. The summed E-state index contributed by atoms with van der Waals surface area (Å²) in [4.78, 5) is 2.52. The standard InChI is InChI=1S/C46H37NS/c1-2-10-31(11-3-1)36-12-5-8-16-43(36)47(35-18-20-39-38-14-6-9-17-44(38)48-45(39)28-35)34-19-21-42-40(27-34)37-13-4-7-15-41(37)46(42)32-23-29-22-30(25-32)26-33(46)24-29/h1-21,27-30,32-33H,22-26H2. The maximum Gasteiger partial charge on any atom is 0.0540 e. The molecule has 5 aliphatic carbocycles. The summed E-state index contributed by atoms with van der Waals surface area (Å²) < 4.78 is 2.67. The fourth-order valence-corrected chi connectivity index (χ4v) is 12.2. The van der Waals surface area contributed by atoms with Gasteiger partial charge in [-0.25, -0.2) is 0 Å². The Hall–Kier alpha value is -4.66. The van der Waals surface area contributed by atoms with Crippen molar-refractivity contribution in [3.63, 3.8) is 0 Å². The summed E-state index contributed by atoms with van der Waals surface area (Å²) in [6.07, 6.45) is 7.13. The van der Waals surface area contributed by atoms with Gasteiger partial charge in [0.05, 0.1) is 5.69 Å². The minimum absolute atomic E-state index is 0.181. The van der Waals surface area contributed by atoms with E-state index in [-0.39, 0.29) is 5.41 Å². The van der Waals surface area contributed by atoms with Crippen LogP contribution in [0, 0.1) is 23.7 Å². The smallest absolute Gasteiger partial charge is 0.0540 e. The van der Waals surface area contributed by atoms with Gasteiger partial charge in [0.2, 0.25) is 0 Å². The van der Waals surface area contributed by atoms with Gasteiger partial charge in [-0.2, -0.15) is 0 Å². The minimum atomic E-state index is 0.181. The molecule has 4 fully saturated rings. The Bertz CT molecular complexity index is 2350. The van der Waals surface area contributed by atoms with Crippen LogP contribution in [0.25, 0.3) is 42.4 Å². The zero-order valence-corrected chi connectivity index (χ0v) is 27.8. The molecular weight excluding hydrogens is 599 g/mol. The van der Waals surface area contributed by atoms with Crippen molar-refractivity contribution in [3.8, 4) is 22.3 Å². The van der Waals surface area contributed by atoms with Crippen molar-refractivity contribution >= 4 is 48.6 Å². The zero-order chi connectivity index (χ0) is 31.4. The predicted octanol–water partition coefficient (Wildman–Crippen LogP) is 12.9. The molecule has 0 aliphatic heterocycles. The highest BCUT2D eigenvalue weighted by Gasteiger charge is 2.61. The van der Waals surface area contributed by atoms with Crippen LogP contribution < -0.4 is 4.90 Å². The third-order valence-corrected chi connectivity index (χ3v) is 13.8. The number of nitrogens with zero attached hydrogens (tertiary/aromatic N) is 1. The molecule has 0 N–H and O–H groups in total. The van der Waals surface area contributed by atoms with Crippen LogP contribution in [0.5, 0.6) is 0 Å². The Kier molecular flexibility index (Phi) is 5.79. The molecule has 7 aromatic rings. The zero-order valence-electron chi connectivity index (χ0n) is 27.0. The van der Waals surface area contributed by atoms with Crippen LogP contribution in [0.3, 0.4) is 0 Å². The average molecular weight is 636 g/mol. The van der Waals surface area contributed by atoms with Gasteiger partial charge in [0.15, 0.2) is 0 Å². The number of hydrogen-bond donors (Lipinski definition) is 0. The van der Waals surface area contributed by atoms with Crippen molar-refractivity contribution in [2.75, 3.05) is 4.90 Å². The van der Waals surface area contributed by atoms with Gasteiger partial charge < -0.3 is 4.90 Å². The number of para-hydroxylation sites is 1. The fraction of sp³-hybridized carbons (Fsp3) is 0.217. The van der Waals surface area contributed by atoms with Crippen molar-refractivity contribution in [2.24, 2.45) is 23.7 Å². The Morgan fingerprint density at radius 2 is 1.10 bits per heavy atom. The Morgan fingerprint density at radius 1 is 0.479 bits per heavy atom. The second kappa shape index (κ2) is 10.2. The molecule has 0 atom stereocenters. The Balaban J connectivity index is 1.14. The first-order valence-corrected chi connectivity index (χ1v) is 18.7. The Labute approximate surface area is 286 Å². The number of fused-ring (bicyclic) bond motifs is 6. The SMILES string of the molecule is c1ccc(-c2ccccc2N(c2ccc3c(c2)-c2ccccc2C32C3CC4CC(C3)CC2C4)c2ccc3c(c2)sc2ccccc23)cc1. The number of thiophene rings is 1. The van der Waals surface area contributed by atoms with Crippen molar-refractivity contribution in [2.45, 2.75) is 37.5 Å². The minimum Gasteiger partial charge on any atom is -0.310 e.